The van der Waals surface area contributed by atoms with Crippen LogP contribution in [0, 0.1) is 23.7 Å². The van der Waals surface area contributed by atoms with Crippen molar-refractivity contribution in [2.75, 3.05) is 0 Å². The Balaban J connectivity index is 0. The molecular formula is C12H28. The summed E-state index contributed by atoms with van der Waals surface area (Å²) in [7, 11) is 0. The van der Waals surface area contributed by atoms with Crippen molar-refractivity contribution in [2.45, 2.75) is 55.4 Å². The molecule has 0 radical (unpaired) electrons. The molecule has 0 heteroatoms. The van der Waals surface area contributed by atoms with Crippen LogP contribution < -0.4 is 0 Å². The van der Waals surface area contributed by atoms with E-state index in [0.717, 1.165) is 23.7 Å². The van der Waals surface area contributed by atoms with Crippen LogP contribution in [0.15, 0.2) is 0 Å². The van der Waals surface area contributed by atoms with Gasteiger partial charge >= 0.3 is 0 Å². The molecular weight excluding hydrogens is 144 g/mol. The smallest absolute Gasteiger partial charge is 0.0391 e. The van der Waals surface area contributed by atoms with Crippen LogP contribution in [0.5, 0.6) is 0 Å². The molecule has 0 heterocycles. The lowest BCUT2D eigenvalue weighted by atomic mass is 9.80. The van der Waals surface area contributed by atoms with Gasteiger partial charge in [-0.15, -0.1) is 0 Å². The summed E-state index contributed by atoms with van der Waals surface area (Å²) in [6, 6.07) is 0. The van der Waals surface area contributed by atoms with Gasteiger partial charge in [-0.1, -0.05) is 55.4 Å². The van der Waals surface area contributed by atoms with E-state index in [-0.39, 0.29) is 0 Å². The first kappa shape index (κ1) is 14.5. The highest BCUT2D eigenvalue weighted by molar-refractivity contribution is 4.67. The van der Waals surface area contributed by atoms with E-state index in [4.69, 9.17) is 0 Å². The van der Waals surface area contributed by atoms with Crippen molar-refractivity contribution in [3.63, 3.8) is 0 Å². The van der Waals surface area contributed by atoms with Gasteiger partial charge in [0.15, 0.2) is 0 Å². The van der Waals surface area contributed by atoms with Crippen molar-refractivity contribution < 1.29 is 0 Å². The van der Waals surface area contributed by atoms with Crippen molar-refractivity contribution in [2.24, 2.45) is 23.7 Å². The zero-order valence-electron chi connectivity index (χ0n) is 10.3. The zero-order valence-corrected chi connectivity index (χ0v) is 10.3. The Morgan fingerprint density at radius 1 is 0.500 bits per heavy atom. The van der Waals surface area contributed by atoms with Gasteiger partial charge in [0, 0.05) is 0 Å². The van der Waals surface area contributed by atoms with Crippen LogP contribution in [-0.2, 0) is 0 Å². The lowest BCUT2D eigenvalue weighted by molar-refractivity contribution is 0.235. The molecule has 76 valence electrons. The first-order chi connectivity index (χ1) is 5.46. The Morgan fingerprint density at radius 3 is 0.750 bits per heavy atom. The Bertz CT molecular complexity index is 70.0. The molecule has 0 aromatic carbocycles. The molecule has 0 saturated carbocycles. The van der Waals surface area contributed by atoms with Gasteiger partial charge in [-0.05, 0) is 23.7 Å². The maximum atomic E-state index is 2.36. The second-order valence-electron chi connectivity index (χ2n) is 4.21. The summed E-state index contributed by atoms with van der Waals surface area (Å²) in [5, 5.41) is 0. The van der Waals surface area contributed by atoms with Crippen LogP contribution in [0.1, 0.15) is 55.4 Å². The molecule has 0 nitrogen and oxygen atoms in total. The van der Waals surface area contributed by atoms with E-state index in [9.17, 15) is 0 Å². The maximum absolute atomic E-state index is 2.36. The Labute approximate surface area is 79.8 Å². The van der Waals surface area contributed by atoms with Crippen molar-refractivity contribution in [3.8, 4) is 0 Å². The van der Waals surface area contributed by atoms with Crippen molar-refractivity contribution in [3.05, 3.63) is 0 Å². The van der Waals surface area contributed by atoms with E-state index >= 15 is 0 Å². The summed E-state index contributed by atoms with van der Waals surface area (Å²) in [4.78, 5) is 0. The standard InChI is InChI=1S/C10H22.C2H6/c1-7(2)9(5)10(6)8(3)4;1-2/h7-10H,1-6H3;1-2H3. The van der Waals surface area contributed by atoms with E-state index in [0.29, 0.717) is 0 Å². The highest BCUT2D eigenvalue weighted by Crippen LogP contribution is 2.25. The predicted octanol–water partition coefficient (Wildman–Crippen LogP) is 4.60. The molecule has 0 aliphatic heterocycles. The minimum Gasteiger partial charge on any atom is -0.0683 e. The molecule has 0 spiro atoms. The summed E-state index contributed by atoms with van der Waals surface area (Å²) < 4.78 is 0. The summed E-state index contributed by atoms with van der Waals surface area (Å²) in [6.45, 7) is 17.9. The second-order valence-corrected chi connectivity index (χ2v) is 4.21. The van der Waals surface area contributed by atoms with E-state index in [1.807, 2.05) is 13.8 Å². The first-order valence-electron chi connectivity index (χ1n) is 5.46. The molecule has 0 saturated heterocycles. The summed E-state index contributed by atoms with van der Waals surface area (Å²) >= 11 is 0. The highest BCUT2D eigenvalue weighted by atomic mass is 14.2. The molecule has 0 amide bonds. The van der Waals surface area contributed by atoms with Crippen molar-refractivity contribution in [1.29, 1.82) is 0 Å². The van der Waals surface area contributed by atoms with Gasteiger partial charge in [-0.3, -0.25) is 0 Å². The number of hydrogen-bond donors (Lipinski definition) is 0. The fraction of sp³-hybridized carbons (Fsp3) is 1.00. The fourth-order valence-electron chi connectivity index (χ4n) is 1.21. The molecule has 0 bridgehead atoms. The fourth-order valence-corrected chi connectivity index (χ4v) is 1.21. The molecule has 0 aromatic heterocycles. The Morgan fingerprint density at radius 2 is 0.667 bits per heavy atom. The van der Waals surface area contributed by atoms with E-state index in [1.54, 1.807) is 0 Å². The van der Waals surface area contributed by atoms with Gasteiger partial charge in [-0.25, -0.2) is 0 Å². The molecule has 0 fully saturated rings. The summed E-state index contributed by atoms with van der Waals surface area (Å²) in [5.74, 6) is 3.38. The van der Waals surface area contributed by atoms with Crippen molar-refractivity contribution >= 4 is 0 Å². The average molecular weight is 172 g/mol. The van der Waals surface area contributed by atoms with Gasteiger partial charge in [0.1, 0.15) is 0 Å². The minimum absolute atomic E-state index is 0.831. The number of hydrogen-bond acceptors (Lipinski definition) is 0. The monoisotopic (exact) mass is 172 g/mol. The molecule has 2 atom stereocenters. The third-order valence-corrected chi connectivity index (χ3v) is 2.93. The van der Waals surface area contributed by atoms with Crippen LogP contribution in [0.4, 0.5) is 0 Å². The van der Waals surface area contributed by atoms with E-state index < -0.39 is 0 Å². The van der Waals surface area contributed by atoms with Crippen LogP contribution in [0.3, 0.4) is 0 Å². The zero-order chi connectivity index (χ0) is 10.3. The second kappa shape index (κ2) is 7.64. The summed E-state index contributed by atoms with van der Waals surface area (Å²) in [5.41, 5.74) is 0. The normalized spacial score (nSPS) is 15.5. The highest BCUT2D eigenvalue weighted by Gasteiger charge is 2.17. The molecule has 0 aliphatic rings. The predicted molar refractivity (Wildman–Crippen MR) is 59.4 cm³/mol. The topological polar surface area (TPSA) is 0 Å². The quantitative estimate of drug-likeness (QED) is 0.584. The third-order valence-electron chi connectivity index (χ3n) is 2.93. The SMILES string of the molecule is CC.CC(C)C(C)C(C)C(C)C. The van der Waals surface area contributed by atoms with Gasteiger partial charge < -0.3 is 0 Å². The van der Waals surface area contributed by atoms with Crippen LogP contribution >= 0.6 is 0 Å². The summed E-state index contributed by atoms with van der Waals surface area (Å²) in [6.07, 6.45) is 0. The average Bonchev–Trinajstić information content (AvgIpc) is 2.05. The van der Waals surface area contributed by atoms with Crippen LogP contribution in [0.2, 0.25) is 0 Å². The molecule has 0 N–H and O–H groups in total. The first-order valence-corrected chi connectivity index (χ1v) is 5.46. The van der Waals surface area contributed by atoms with Crippen molar-refractivity contribution in [1.82, 2.24) is 0 Å². The maximum Gasteiger partial charge on any atom is -0.0391 e. The third kappa shape index (κ3) is 5.62. The molecule has 12 heavy (non-hydrogen) atoms. The van der Waals surface area contributed by atoms with Gasteiger partial charge in [0.2, 0.25) is 0 Å². The van der Waals surface area contributed by atoms with Crippen LogP contribution in [-0.4, -0.2) is 0 Å². The lowest BCUT2D eigenvalue weighted by Gasteiger charge is -2.26. The van der Waals surface area contributed by atoms with E-state index in [2.05, 4.69) is 41.5 Å². The van der Waals surface area contributed by atoms with Gasteiger partial charge in [0.25, 0.3) is 0 Å². The van der Waals surface area contributed by atoms with Gasteiger partial charge in [-0.2, -0.15) is 0 Å². The Kier molecular flexibility index (Phi) is 9.24. The van der Waals surface area contributed by atoms with Gasteiger partial charge in [0.05, 0.1) is 0 Å². The molecule has 0 aromatic rings. The largest absolute Gasteiger partial charge is 0.0683 e. The minimum atomic E-state index is 0.831. The lowest BCUT2D eigenvalue weighted by Crippen LogP contribution is -2.18. The Hall–Kier alpha value is 0. The van der Waals surface area contributed by atoms with Crippen LogP contribution in [0.25, 0.3) is 0 Å². The molecule has 0 rings (SSSR count). The molecule has 0 aliphatic carbocycles. The van der Waals surface area contributed by atoms with E-state index in [1.165, 1.54) is 0 Å². The number of rotatable bonds is 3. The molecule has 2 unspecified atom stereocenters.